The molecule has 12 heteroatoms. The van der Waals surface area contributed by atoms with Gasteiger partial charge in [-0.1, -0.05) is 58.4 Å². The highest BCUT2D eigenvalue weighted by molar-refractivity contribution is 7.98. The van der Waals surface area contributed by atoms with E-state index in [-0.39, 0.29) is 36.0 Å². The molecule has 1 aliphatic rings. The molecule has 230 valence electrons. The number of nitrogens with two attached hydrogens (primary N) is 1. The molecule has 1 heterocycles. The monoisotopic (exact) mass is 609 g/mol. The molecule has 10 nitrogen and oxygen atoms in total. The molecule has 1 aliphatic heterocycles. The average Bonchev–Trinajstić information content (AvgIpc) is 2.92. The van der Waals surface area contributed by atoms with Crippen molar-refractivity contribution in [2.75, 3.05) is 18.1 Å². The van der Waals surface area contributed by atoms with E-state index in [9.17, 15) is 19.2 Å². The van der Waals surface area contributed by atoms with Gasteiger partial charge in [-0.15, -0.1) is 0 Å². The lowest BCUT2D eigenvalue weighted by Crippen LogP contribution is -2.58. The first kappa shape index (κ1) is 36.3. The zero-order valence-electron chi connectivity index (χ0n) is 24.9. The Balaban J connectivity index is 0.00000268. The van der Waals surface area contributed by atoms with Crippen molar-refractivity contribution >= 4 is 53.6 Å². The van der Waals surface area contributed by atoms with Crippen molar-refractivity contribution in [1.29, 1.82) is 0 Å². The van der Waals surface area contributed by atoms with Crippen molar-refractivity contribution in [3.8, 4) is 0 Å². The van der Waals surface area contributed by atoms with E-state index in [1.807, 2.05) is 33.8 Å². The number of benzene rings is 1. The first-order valence-corrected chi connectivity index (χ1v) is 16.4. The Morgan fingerprint density at radius 3 is 2.15 bits per heavy atom. The summed E-state index contributed by atoms with van der Waals surface area (Å²) < 4.78 is 0. The van der Waals surface area contributed by atoms with Crippen LogP contribution in [0.25, 0.3) is 0 Å². The van der Waals surface area contributed by atoms with Crippen molar-refractivity contribution in [3.05, 3.63) is 35.4 Å². The van der Waals surface area contributed by atoms with Crippen LogP contribution in [0.5, 0.6) is 0 Å². The van der Waals surface area contributed by atoms with Crippen molar-refractivity contribution in [1.82, 2.24) is 21.3 Å². The fourth-order valence-electron chi connectivity index (χ4n) is 4.05. The van der Waals surface area contributed by atoms with Gasteiger partial charge in [0.25, 0.3) is 0 Å². The van der Waals surface area contributed by atoms with Gasteiger partial charge in [0, 0.05) is 36.0 Å². The van der Waals surface area contributed by atoms with Gasteiger partial charge in [-0.05, 0) is 36.3 Å². The van der Waals surface area contributed by atoms with Gasteiger partial charge in [0.15, 0.2) is 0 Å². The normalized spacial score (nSPS) is 22.7. The number of primary amides is 1. The van der Waals surface area contributed by atoms with Crippen molar-refractivity contribution in [2.24, 2.45) is 17.6 Å². The number of carbonyl (C=O) groups excluding carboxylic acids is 5. The maximum absolute atomic E-state index is 13.3. The SMILES string of the molecule is CC[C@H](C)[C@@H]1NC(=O)[C@H](CC(C)C)NC(=O)[C@H](C)NC(=O)CCSCc2cccc(c2)CSCCNC1=O.NC=O. The molecule has 0 unspecified atom stereocenters. The zero-order valence-corrected chi connectivity index (χ0v) is 26.5. The first-order chi connectivity index (χ1) is 19.5. The summed E-state index contributed by atoms with van der Waals surface area (Å²) in [5.41, 5.74) is 6.60. The minimum Gasteiger partial charge on any atom is -0.372 e. The second-order valence-electron chi connectivity index (χ2n) is 10.5. The molecule has 0 spiro atoms. The van der Waals surface area contributed by atoms with E-state index >= 15 is 0 Å². The van der Waals surface area contributed by atoms with Gasteiger partial charge in [0.05, 0.1) is 0 Å². The summed E-state index contributed by atoms with van der Waals surface area (Å²) in [5.74, 6) is 1.88. The van der Waals surface area contributed by atoms with Gasteiger partial charge in [0.1, 0.15) is 18.1 Å². The molecule has 2 bridgehead atoms. The molecule has 0 saturated carbocycles. The van der Waals surface area contributed by atoms with E-state index in [4.69, 9.17) is 4.79 Å². The fourth-order valence-corrected chi connectivity index (χ4v) is 5.74. The maximum Gasteiger partial charge on any atom is 0.243 e. The van der Waals surface area contributed by atoms with Gasteiger partial charge in [0.2, 0.25) is 30.0 Å². The minimum absolute atomic E-state index is 0.0774. The number of nitrogens with one attached hydrogen (secondary N) is 4. The Bertz CT molecular complexity index is 994. The topological polar surface area (TPSA) is 159 Å². The van der Waals surface area contributed by atoms with Crippen LogP contribution < -0.4 is 27.0 Å². The molecule has 6 N–H and O–H groups in total. The minimum atomic E-state index is -0.806. The lowest BCUT2D eigenvalue weighted by molar-refractivity contribution is -0.134. The molecule has 0 aliphatic carbocycles. The summed E-state index contributed by atoms with van der Waals surface area (Å²) in [7, 11) is 0. The van der Waals surface area contributed by atoms with E-state index in [0.29, 0.717) is 31.6 Å². The third kappa shape index (κ3) is 14.6. The number of fused-ring (bicyclic) bond motifs is 2. The summed E-state index contributed by atoms with van der Waals surface area (Å²) >= 11 is 3.42. The average molecular weight is 610 g/mol. The number of hydrogen-bond donors (Lipinski definition) is 5. The molecule has 4 atom stereocenters. The Labute approximate surface area is 252 Å². The van der Waals surface area contributed by atoms with E-state index in [2.05, 4.69) is 45.2 Å². The predicted molar refractivity (Wildman–Crippen MR) is 167 cm³/mol. The van der Waals surface area contributed by atoms with Crippen LogP contribution in [-0.2, 0) is 35.5 Å². The quantitative estimate of drug-likeness (QED) is 0.328. The van der Waals surface area contributed by atoms with Crippen LogP contribution >= 0.6 is 23.5 Å². The third-order valence-corrected chi connectivity index (χ3v) is 8.51. The van der Waals surface area contributed by atoms with Gasteiger partial charge < -0.3 is 27.0 Å². The van der Waals surface area contributed by atoms with Crippen LogP contribution in [0, 0.1) is 11.8 Å². The van der Waals surface area contributed by atoms with Crippen LogP contribution in [0.2, 0.25) is 0 Å². The molecule has 2 rings (SSSR count). The highest BCUT2D eigenvalue weighted by Gasteiger charge is 2.31. The number of amides is 5. The second kappa shape index (κ2) is 20.2. The maximum atomic E-state index is 13.3. The lowest BCUT2D eigenvalue weighted by Gasteiger charge is -2.28. The molecule has 0 radical (unpaired) electrons. The van der Waals surface area contributed by atoms with Crippen molar-refractivity contribution in [2.45, 2.75) is 83.5 Å². The summed E-state index contributed by atoms with van der Waals surface area (Å²) in [4.78, 5) is 60.2. The molecule has 41 heavy (non-hydrogen) atoms. The summed E-state index contributed by atoms with van der Waals surface area (Å²) in [6.07, 6.45) is 1.69. The third-order valence-electron chi connectivity index (χ3n) is 6.45. The van der Waals surface area contributed by atoms with Gasteiger partial charge in [-0.3, -0.25) is 24.0 Å². The number of thioether (sulfide) groups is 2. The molecule has 5 amide bonds. The molecule has 0 fully saturated rings. The molecule has 0 saturated heterocycles. The second-order valence-corrected chi connectivity index (χ2v) is 12.7. The highest BCUT2D eigenvalue weighted by atomic mass is 32.2. The Morgan fingerprint density at radius 1 is 0.951 bits per heavy atom. The predicted octanol–water partition coefficient (Wildman–Crippen LogP) is 2.34. The van der Waals surface area contributed by atoms with Gasteiger partial charge in [-0.25, -0.2) is 0 Å². The van der Waals surface area contributed by atoms with E-state index < -0.39 is 24.0 Å². The fraction of sp³-hybridized carbons (Fsp3) is 0.621. The molecule has 1 aromatic rings. The van der Waals surface area contributed by atoms with Crippen LogP contribution in [0.4, 0.5) is 0 Å². The Hall–Kier alpha value is -2.73. The first-order valence-electron chi connectivity index (χ1n) is 14.1. The summed E-state index contributed by atoms with van der Waals surface area (Å²) in [6.45, 7) is 9.97. The number of carbonyl (C=O) groups is 5. The number of rotatable bonds is 4. The van der Waals surface area contributed by atoms with Crippen LogP contribution in [0.3, 0.4) is 0 Å². The number of hydrogen-bond acceptors (Lipinski definition) is 7. The van der Waals surface area contributed by atoms with Crippen LogP contribution in [0.1, 0.15) is 65.0 Å². The van der Waals surface area contributed by atoms with E-state index in [1.54, 1.807) is 30.4 Å². The van der Waals surface area contributed by atoms with Gasteiger partial charge in [-0.2, -0.15) is 23.5 Å². The largest absolute Gasteiger partial charge is 0.372 e. The van der Waals surface area contributed by atoms with Crippen LogP contribution in [0.15, 0.2) is 24.3 Å². The zero-order chi connectivity index (χ0) is 30.8. The molecular formula is C29H47N5O5S2. The molecule has 0 aromatic heterocycles. The van der Waals surface area contributed by atoms with Crippen LogP contribution in [-0.4, -0.2) is 66.2 Å². The smallest absolute Gasteiger partial charge is 0.243 e. The highest BCUT2D eigenvalue weighted by Crippen LogP contribution is 2.18. The van der Waals surface area contributed by atoms with E-state index in [0.717, 1.165) is 17.3 Å². The lowest BCUT2D eigenvalue weighted by atomic mass is 9.96. The Morgan fingerprint density at radius 2 is 1.56 bits per heavy atom. The molecule has 1 aromatic carbocycles. The Kier molecular flexibility index (Phi) is 17.9. The van der Waals surface area contributed by atoms with Crippen molar-refractivity contribution in [3.63, 3.8) is 0 Å². The van der Waals surface area contributed by atoms with E-state index in [1.165, 1.54) is 11.1 Å². The van der Waals surface area contributed by atoms with Gasteiger partial charge >= 0.3 is 0 Å². The summed E-state index contributed by atoms with van der Waals surface area (Å²) in [5, 5.41) is 11.4. The van der Waals surface area contributed by atoms with Crippen molar-refractivity contribution < 1.29 is 24.0 Å². The standard InChI is InChI=1S/C28H44N4O4S2.CH3NO/c1-6-19(4)25-28(36)29-11-13-38-17-22-9-7-8-21(15-22)16-37-12-10-24(33)30-20(5)26(34)31-23(14-18(2)3)27(35)32-25;2-1-3/h7-9,15,18-20,23,25H,6,10-14,16-17H2,1-5H3,(H,29,36)(H,30,33)(H,31,34)(H,32,35);1H,(H2,2,3)/t19-,20-,23-,25-;/m0./s1. The molecular weight excluding hydrogens is 562 g/mol. The summed E-state index contributed by atoms with van der Waals surface area (Å²) in [6, 6.07) is 6.12.